The summed E-state index contributed by atoms with van der Waals surface area (Å²) in [5.74, 6) is 0.102. The Morgan fingerprint density at radius 2 is 1.89 bits per heavy atom. The molecule has 1 N–H and O–H groups in total. The number of rotatable bonds is 7. The van der Waals surface area contributed by atoms with Crippen LogP contribution in [0.4, 0.5) is 5.69 Å². The Balaban J connectivity index is 1.27. The van der Waals surface area contributed by atoms with Crippen molar-refractivity contribution < 1.29 is 22.2 Å². The molecule has 194 valence electrons. The number of benzene rings is 2. The van der Waals surface area contributed by atoms with Gasteiger partial charge in [-0.1, -0.05) is 25.1 Å². The number of hydrogen-bond donors (Lipinski definition) is 1. The molecule has 0 radical (unpaired) electrons. The van der Waals surface area contributed by atoms with Crippen molar-refractivity contribution in [2.75, 3.05) is 31.3 Å². The van der Waals surface area contributed by atoms with Gasteiger partial charge in [-0.3, -0.25) is 18.5 Å². The van der Waals surface area contributed by atoms with Gasteiger partial charge in [0, 0.05) is 47.8 Å². The molecule has 0 atom stereocenters. The lowest BCUT2D eigenvalue weighted by Gasteiger charge is -2.42. The molecule has 2 fully saturated rings. The van der Waals surface area contributed by atoms with Crippen molar-refractivity contribution in [2.45, 2.75) is 44.6 Å². The summed E-state index contributed by atoms with van der Waals surface area (Å²) in [7, 11) is -3.64. The summed E-state index contributed by atoms with van der Waals surface area (Å²) in [4.78, 5) is 27.1. The van der Waals surface area contributed by atoms with E-state index in [4.69, 9.17) is 4.18 Å². The minimum absolute atomic E-state index is 0.0268. The molecule has 10 heteroatoms. The fourth-order valence-electron chi connectivity index (χ4n) is 5.60. The Morgan fingerprint density at radius 1 is 1.14 bits per heavy atom. The quantitative estimate of drug-likeness (QED) is 0.477. The average molecular weight is 523 g/mol. The lowest BCUT2D eigenvalue weighted by atomic mass is 9.87. The van der Waals surface area contributed by atoms with Gasteiger partial charge in [0.1, 0.15) is 0 Å². The summed E-state index contributed by atoms with van der Waals surface area (Å²) in [6.07, 6.45) is 8.39. The minimum Gasteiger partial charge on any atom is -0.342 e. The second kappa shape index (κ2) is 8.39. The van der Waals surface area contributed by atoms with Gasteiger partial charge in [-0.2, -0.15) is 13.5 Å². The largest absolute Gasteiger partial charge is 0.342 e. The number of nitrogens with one attached hydrogen (secondary N) is 1. The van der Waals surface area contributed by atoms with Crippen molar-refractivity contribution in [2.24, 2.45) is 5.41 Å². The topological polar surface area (TPSA) is 111 Å². The van der Waals surface area contributed by atoms with E-state index in [9.17, 15) is 18.0 Å². The van der Waals surface area contributed by atoms with Crippen LogP contribution in [-0.2, 0) is 31.1 Å². The van der Waals surface area contributed by atoms with Gasteiger partial charge < -0.3 is 10.2 Å². The Kier molecular flexibility index (Phi) is 5.47. The maximum Gasteiger partial charge on any atom is 0.264 e. The van der Waals surface area contributed by atoms with Gasteiger partial charge in [-0.05, 0) is 54.3 Å². The van der Waals surface area contributed by atoms with Gasteiger partial charge >= 0.3 is 0 Å². The van der Waals surface area contributed by atoms with Gasteiger partial charge in [-0.15, -0.1) is 0 Å². The van der Waals surface area contributed by atoms with Crippen molar-refractivity contribution in [3.8, 4) is 0 Å². The molecular weight excluding hydrogens is 492 g/mol. The van der Waals surface area contributed by atoms with Crippen molar-refractivity contribution in [3.63, 3.8) is 0 Å². The van der Waals surface area contributed by atoms with Gasteiger partial charge in [0.2, 0.25) is 5.91 Å². The third-order valence-corrected chi connectivity index (χ3v) is 8.73. The molecule has 1 saturated heterocycles. The summed E-state index contributed by atoms with van der Waals surface area (Å²) in [6.45, 7) is 3.05. The number of amides is 2. The van der Waals surface area contributed by atoms with Crippen LogP contribution < -0.4 is 5.32 Å². The smallest absolute Gasteiger partial charge is 0.264 e. The van der Waals surface area contributed by atoms with Crippen LogP contribution in [0, 0.1) is 5.41 Å². The second-order valence-corrected chi connectivity index (χ2v) is 12.6. The lowest BCUT2D eigenvalue weighted by Crippen LogP contribution is -2.52. The minimum atomic E-state index is -3.64. The van der Waals surface area contributed by atoms with Crippen LogP contribution in [0.1, 0.15) is 54.1 Å². The molecule has 1 aromatic heterocycles. The molecule has 6 rings (SSSR count). The number of carbonyl (C=O) groups is 2. The molecule has 3 aromatic rings. The van der Waals surface area contributed by atoms with Gasteiger partial charge in [0.15, 0.2) is 0 Å². The summed E-state index contributed by atoms with van der Waals surface area (Å²) in [6, 6.07) is 9.72. The average Bonchev–Trinajstić information content (AvgIpc) is 3.30. The Hall–Kier alpha value is -3.24. The van der Waals surface area contributed by atoms with E-state index in [1.807, 2.05) is 53.0 Å². The van der Waals surface area contributed by atoms with Gasteiger partial charge in [-0.25, -0.2) is 0 Å². The summed E-state index contributed by atoms with van der Waals surface area (Å²) in [5, 5.41) is 9.54. The molecule has 37 heavy (non-hydrogen) atoms. The van der Waals surface area contributed by atoms with E-state index in [0.717, 1.165) is 46.7 Å². The second-order valence-electron chi connectivity index (χ2n) is 11.0. The van der Waals surface area contributed by atoms with Crippen LogP contribution in [0.3, 0.4) is 0 Å². The molecule has 1 aliphatic carbocycles. The summed E-state index contributed by atoms with van der Waals surface area (Å²) in [5.41, 5.74) is 2.66. The van der Waals surface area contributed by atoms with E-state index in [1.165, 1.54) is 0 Å². The molecule has 1 saturated carbocycles. The highest BCUT2D eigenvalue weighted by molar-refractivity contribution is 7.85. The zero-order valence-electron chi connectivity index (χ0n) is 21.0. The Labute approximate surface area is 215 Å². The molecule has 2 aliphatic heterocycles. The first-order valence-corrected chi connectivity index (χ1v) is 14.4. The van der Waals surface area contributed by atoms with E-state index < -0.39 is 15.7 Å². The predicted molar refractivity (Wildman–Crippen MR) is 139 cm³/mol. The van der Waals surface area contributed by atoms with Crippen LogP contribution >= 0.6 is 0 Å². The number of aromatic nitrogens is 2. The standard InChI is InChI=1S/C27H30N4O5S/c1-26(8-9-26)25(33)30-12-10-27(11-13-30,17-36-37(2,34)35)31-16-18(15-28-31)14-19-6-7-22-23-20(19)4-3-5-21(23)24(32)29-22/h3-7,15-16H,8-14,17H2,1-2H3,(H,29,32). The molecular formula is C27H30N4O5S. The molecule has 3 aliphatic rings. The lowest BCUT2D eigenvalue weighted by molar-refractivity contribution is -0.139. The Morgan fingerprint density at radius 3 is 2.59 bits per heavy atom. The summed E-state index contributed by atoms with van der Waals surface area (Å²) >= 11 is 0. The number of hydrogen-bond acceptors (Lipinski definition) is 6. The normalized spacial score (nSPS) is 19.7. The van der Waals surface area contributed by atoms with Crippen molar-refractivity contribution >= 4 is 38.4 Å². The SMILES string of the molecule is CC1(C(=O)N2CCC(COS(C)(=O)=O)(n3cc(Cc4ccc5c6c(cccc46)C(=O)N5)cn3)CC2)CC1. The maximum absolute atomic E-state index is 12.9. The van der Waals surface area contributed by atoms with Crippen LogP contribution in [0.25, 0.3) is 10.8 Å². The first-order chi connectivity index (χ1) is 17.6. The van der Waals surface area contributed by atoms with Gasteiger partial charge in [0.05, 0.1) is 24.6 Å². The van der Waals surface area contributed by atoms with Crippen molar-refractivity contribution in [1.82, 2.24) is 14.7 Å². The fraction of sp³-hybridized carbons (Fsp3) is 0.444. The van der Waals surface area contributed by atoms with E-state index in [1.54, 1.807) is 6.20 Å². The summed E-state index contributed by atoms with van der Waals surface area (Å²) < 4.78 is 30.9. The number of anilines is 1. The maximum atomic E-state index is 12.9. The molecule has 0 bridgehead atoms. The predicted octanol–water partition coefficient (Wildman–Crippen LogP) is 3.29. The van der Waals surface area contributed by atoms with Crippen LogP contribution in [0.15, 0.2) is 42.7 Å². The molecule has 0 unspecified atom stereocenters. The highest BCUT2D eigenvalue weighted by Crippen LogP contribution is 2.47. The van der Waals surface area contributed by atoms with E-state index in [0.29, 0.717) is 37.9 Å². The molecule has 9 nitrogen and oxygen atoms in total. The van der Waals surface area contributed by atoms with Crippen LogP contribution in [0.2, 0.25) is 0 Å². The number of likely N-dealkylation sites (tertiary alicyclic amines) is 1. The first-order valence-electron chi connectivity index (χ1n) is 12.6. The Bertz CT molecular complexity index is 1530. The molecule has 0 spiro atoms. The number of piperidine rings is 1. The van der Waals surface area contributed by atoms with Gasteiger partial charge in [0.25, 0.3) is 16.0 Å². The zero-order chi connectivity index (χ0) is 26.0. The van der Waals surface area contributed by atoms with Crippen LogP contribution in [-0.4, -0.2) is 60.9 Å². The van der Waals surface area contributed by atoms with Crippen molar-refractivity contribution in [3.05, 3.63) is 59.4 Å². The van der Waals surface area contributed by atoms with E-state index in [-0.39, 0.29) is 23.8 Å². The fourth-order valence-corrected chi connectivity index (χ4v) is 6.03. The molecule has 2 aromatic carbocycles. The number of nitrogens with zero attached hydrogens (tertiary/aromatic N) is 3. The molecule has 3 heterocycles. The highest BCUT2D eigenvalue weighted by Gasteiger charge is 2.49. The van der Waals surface area contributed by atoms with Crippen LogP contribution in [0.5, 0.6) is 0 Å². The molecule has 2 amide bonds. The highest BCUT2D eigenvalue weighted by atomic mass is 32.2. The zero-order valence-corrected chi connectivity index (χ0v) is 21.8. The third-order valence-electron chi connectivity index (χ3n) is 8.18. The van der Waals surface area contributed by atoms with Crippen molar-refractivity contribution in [1.29, 1.82) is 0 Å². The van der Waals surface area contributed by atoms with E-state index in [2.05, 4.69) is 10.4 Å². The first kappa shape index (κ1) is 24.1. The number of carbonyl (C=O) groups excluding carboxylic acids is 2. The third kappa shape index (κ3) is 4.31. The monoisotopic (exact) mass is 522 g/mol. The van der Waals surface area contributed by atoms with E-state index >= 15 is 0 Å².